The van der Waals surface area contributed by atoms with Crippen LogP contribution < -0.4 is 15.4 Å². The quantitative estimate of drug-likeness (QED) is 0.460. The van der Waals surface area contributed by atoms with Crippen molar-refractivity contribution in [3.8, 4) is 5.75 Å². The first-order valence-corrected chi connectivity index (χ1v) is 10.7. The molecule has 1 saturated carbocycles. The average molecular weight is 428 g/mol. The van der Waals surface area contributed by atoms with Crippen molar-refractivity contribution in [1.29, 1.82) is 0 Å². The van der Waals surface area contributed by atoms with E-state index in [2.05, 4.69) is 25.3 Å². The van der Waals surface area contributed by atoms with Crippen molar-refractivity contribution in [3.63, 3.8) is 0 Å². The summed E-state index contributed by atoms with van der Waals surface area (Å²) >= 11 is 0. The molecule has 0 amide bonds. The predicted octanol–water partition coefficient (Wildman–Crippen LogP) is 3.19. The molecule has 1 aromatic carbocycles. The van der Waals surface area contributed by atoms with Crippen molar-refractivity contribution in [3.05, 3.63) is 29.8 Å². The number of nitrogens with zero attached hydrogens (tertiary/aromatic N) is 2. The van der Waals surface area contributed by atoms with E-state index in [1.54, 1.807) is 0 Å². The highest BCUT2D eigenvalue weighted by molar-refractivity contribution is 5.80. The largest absolute Gasteiger partial charge is 0.573 e. The Bertz CT molecular complexity index is 690. The van der Waals surface area contributed by atoms with Gasteiger partial charge in [0.1, 0.15) is 5.75 Å². The van der Waals surface area contributed by atoms with Gasteiger partial charge in [-0.2, -0.15) is 0 Å². The Kier molecular flexibility index (Phi) is 7.82. The van der Waals surface area contributed by atoms with Crippen LogP contribution in [0.4, 0.5) is 13.2 Å². The standard InChI is InChI=1S/C21H31F3N4O2/c1-2-25-20(27-16-11-12-28(14-16)17-5-3-4-6-17)26-13-19(29)15-7-9-18(10-8-15)30-21(22,23)24/h7-10,16-17,19,29H,2-6,11-14H2,1H3,(H2,25,26,27). The van der Waals surface area contributed by atoms with E-state index in [1.165, 1.54) is 49.9 Å². The number of ether oxygens (including phenoxy) is 1. The highest BCUT2D eigenvalue weighted by Crippen LogP contribution is 2.27. The second-order valence-corrected chi connectivity index (χ2v) is 7.92. The zero-order valence-electron chi connectivity index (χ0n) is 17.3. The molecule has 1 aromatic rings. The Hall–Kier alpha value is -2.00. The summed E-state index contributed by atoms with van der Waals surface area (Å²) in [4.78, 5) is 7.04. The lowest BCUT2D eigenvalue weighted by Gasteiger charge is -2.24. The molecule has 2 aliphatic rings. The minimum atomic E-state index is -4.73. The Balaban J connectivity index is 1.52. The maximum atomic E-state index is 12.3. The highest BCUT2D eigenvalue weighted by Gasteiger charge is 2.31. The summed E-state index contributed by atoms with van der Waals surface area (Å²) in [7, 11) is 0. The van der Waals surface area contributed by atoms with Crippen LogP contribution in [-0.4, -0.2) is 60.6 Å². The number of rotatable bonds is 7. The third-order valence-electron chi connectivity index (χ3n) is 5.67. The first-order valence-electron chi connectivity index (χ1n) is 10.7. The fourth-order valence-electron chi connectivity index (χ4n) is 4.19. The Labute approximate surface area is 175 Å². The summed E-state index contributed by atoms with van der Waals surface area (Å²) in [5, 5.41) is 17.0. The molecule has 2 unspecified atom stereocenters. The molecule has 1 aliphatic carbocycles. The van der Waals surface area contributed by atoms with Crippen molar-refractivity contribution < 1.29 is 23.0 Å². The fourth-order valence-corrected chi connectivity index (χ4v) is 4.19. The van der Waals surface area contributed by atoms with Crippen molar-refractivity contribution in [2.24, 2.45) is 4.99 Å². The van der Waals surface area contributed by atoms with Gasteiger partial charge >= 0.3 is 6.36 Å². The minimum Gasteiger partial charge on any atom is -0.406 e. The summed E-state index contributed by atoms with van der Waals surface area (Å²) in [5.41, 5.74) is 0.484. The lowest BCUT2D eigenvalue weighted by Crippen LogP contribution is -2.45. The van der Waals surface area contributed by atoms with E-state index in [0.29, 0.717) is 30.2 Å². The number of alkyl halides is 3. The Morgan fingerprint density at radius 2 is 1.93 bits per heavy atom. The second kappa shape index (κ2) is 10.3. The van der Waals surface area contributed by atoms with Crippen LogP contribution >= 0.6 is 0 Å². The van der Waals surface area contributed by atoms with Crippen LogP contribution in [0.3, 0.4) is 0 Å². The van der Waals surface area contributed by atoms with Gasteiger partial charge in [-0.15, -0.1) is 13.2 Å². The molecule has 9 heteroatoms. The molecule has 1 aliphatic heterocycles. The third-order valence-corrected chi connectivity index (χ3v) is 5.67. The number of aliphatic hydroxyl groups is 1. The third kappa shape index (κ3) is 6.77. The molecule has 3 rings (SSSR count). The Morgan fingerprint density at radius 3 is 2.57 bits per heavy atom. The number of benzene rings is 1. The van der Waals surface area contributed by atoms with Crippen molar-refractivity contribution >= 4 is 5.96 Å². The van der Waals surface area contributed by atoms with Gasteiger partial charge in [-0.1, -0.05) is 25.0 Å². The van der Waals surface area contributed by atoms with Gasteiger partial charge in [-0.25, -0.2) is 0 Å². The van der Waals surface area contributed by atoms with Crippen LogP contribution in [0, 0.1) is 0 Å². The molecule has 2 fully saturated rings. The number of guanidine groups is 1. The summed E-state index contributed by atoms with van der Waals surface area (Å²) in [6.07, 6.45) is 0.641. The second-order valence-electron chi connectivity index (χ2n) is 7.92. The lowest BCUT2D eigenvalue weighted by molar-refractivity contribution is -0.274. The maximum Gasteiger partial charge on any atom is 0.573 e. The summed E-state index contributed by atoms with van der Waals surface area (Å²) in [5.74, 6) is 0.330. The van der Waals surface area contributed by atoms with E-state index >= 15 is 0 Å². The van der Waals surface area contributed by atoms with Crippen molar-refractivity contribution in [2.45, 2.75) is 63.6 Å². The molecule has 0 aromatic heterocycles. The molecule has 2 atom stereocenters. The van der Waals surface area contributed by atoms with Gasteiger partial charge in [0.2, 0.25) is 0 Å². The molecule has 1 saturated heterocycles. The summed E-state index contributed by atoms with van der Waals surface area (Å²) < 4.78 is 40.6. The van der Waals surface area contributed by atoms with Gasteiger partial charge < -0.3 is 20.5 Å². The zero-order chi connectivity index (χ0) is 21.6. The summed E-state index contributed by atoms with van der Waals surface area (Å²) in [6, 6.07) is 6.24. The topological polar surface area (TPSA) is 69.1 Å². The number of hydrogen-bond donors (Lipinski definition) is 3. The van der Waals surface area contributed by atoms with Gasteiger partial charge in [0.25, 0.3) is 0 Å². The van der Waals surface area contributed by atoms with Crippen LogP contribution in [0.2, 0.25) is 0 Å². The van der Waals surface area contributed by atoms with Crippen LogP contribution in [-0.2, 0) is 0 Å². The molecule has 0 spiro atoms. The van der Waals surface area contributed by atoms with Crippen molar-refractivity contribution in [2.75, 3.05) is 26.2 Å². The van der Waals surface area contributed by atoms with Crippen LogP contribution in [0.5, 0.6) is 5.75 Å². The average Bonchev–Trinajstić information content (AvgIpc) is 3.37. The van der Waals surface area contributed by atoms with Crippen LogP contribution in [0.15, 0.2) is 29.3 Å². The van der Waals surface area contributed by atoms with E-state index in [9.17, 15) is 18.3 Å². The Morgan fingerprint density at radius 1 is 1.23 bits per heavy atom. The van der Waals surface area contributed by atoms with Crippen LogP contribution in [0.1, 0.15) is 50.7 Å². The number of halogens is 3. The fraction of sp³-hybridized carbons (Fsp3) is 0.667. The molecule has 1 heterocycles. The first-order chi connectivity index (χ1) is 14.3. The van der Waals surface area contributed by atoms with E-state index in [-0.39, 0.29) is 12.3 Å². The maximum absolute atomic E-state index is 12.3. The van der Waals surface area contributed by atoms with Crippen LogP contribution in [0.25, 0.3) is 0 Å². The van der Waals surface area contributed by atoms with Gasteiger partial charge in [0.05, 0.1) is 12.6 Å². The molecule has 0 bridgehead atoms. The summed E-state index contributed by atoms with van der Waals surface area (Å²) in [6.45, 7) is 4.87. The molecule has 3 N–H and O–H groups in total. The number of hydrogen-bond acceptors (Lipinski definition) is 4. The minimum absolute atomic E-state index is 0.105. The molecule has 30 heavy (non-hydrogen) atoms. The number of aliphatic imine (C=N–C) groups is 1. The molecule has 6 nitrogen and oxygen atoms in total. The van der Waals surface area contributed by atoms with E-state index in [1.807, 2.05) is 6.92 Å². The van der Waals surface area contributed by atoms with Gasteiger partial charge in [-0.05, 0) is 43.9 Å². The molecule has 168 valence electrons. The van der Waals surface area contributed by atoms with Gasteiger partial charge in [-0.3, -0.25) is 9.89 Å². The van der Waals surface area contributed by atoms with Crippen molar-refractivity contribution in [1.82, 2.24) is 15.5 Å². The molecular formula is C21H31F3N4O2. The molecular weight excluding hydrogens is 397 g/mol. The van der Waals surface area contributed by atoms with Gasteiger partial charge in [0.15, 0.2) is 5.96 Å². The normalized spacial score (nSPS) is 22.3. The van der Waals surface area contributed by atoms with E-state index in [0.717, 1.165) is 19.5 Å². The van der Waals surface area contributed by atoms with Gasteiger partial charge in [0, 0.05) is 31.7 Å². The number of nitrogens with one attached hydrogen (secondary N) is 2. The number of aliphatic hydroxyl groups excluding tert-OH is 1. The first kappa shape index (κ1) is 22.7. The highest BCUT2D eigenvalue weighted by atomic mass is 19.4. The van der Waals surface area contributed by atoms with E-state index in [4.69, 9.17) is 0 Å². The molecule has 0 radical (unpaired) electrons. The zero-order valence-corrected chi connectivity index (χ0v) is 17.3. The number of likely N-dealkylation sites (tertiary alicyclic amines) is 1. The van der Waals surface area contributed by atoms with E-state index < -0.39 is 12.5 Å². The SMILES string of the molecule is CCNC(=NCC(O)c1ccc(OC(F)(F)F)cc1)NC1CCN(C2CCCC2)C1. The monoisotopic (exact) mass is 428 g/mol. The lowest BCUT2D eigenvalue weighted by atomic mass is 10.1. The smallest absolute Gasteiger partial charge is 0.406 e. The predicted molar refractivity (Wildman–Crippen MR) is 109 cm³/mol.